The highest BCUT2D eigenvalue weighted by atomic mass is 19.1. The number of aromatic nitrogens is 3. The van der Waals surface area contributed by atoms with Crippen molar-refractivity contribution in [2.75, 3.05) is 13.7 Å². The zero-order valence-corrected chi connectivity index (χ0v) is 17.6. The number of aromatic amines is 2. The first-order valence-electron chi connectivity index (χ1n) is 10.3. The molecule has 3 heterocycles. The van der Waals surface area contributed by atoms with Gasteiger partial charge >= 0.3 is 0 Å². The number of halogens is 1. The molecule has 1 atom stereocenters. The molecule has 0 fully saturated rings. The number of nitrogens with zero attached hydrogens (tertiary/aromatic N) is 2. The molecular weight excluding hydrogens is 411 g/mol. The van der Waals surface area contributed by atoms with Gasteiger partial charge in [0, 0.05) is 41.7 Å². The number of fused-ring (bicyclic) bond motifs is 3. The molecule has 1 amide bonds. The third-order valence-electron chi connectivity index (χ3n) is 5.97. The van der Waals surface area contributed by atoms with E-state index in [2.05, 4.69) is 15.2 Å². The number of ketones is 1. The first-order valence-corrected chi connectivity index (χ1v) is 10.3. The van der Waals surface area contributed by atoms with Crippen LogP contribution in [-0.4, -0.2) is 45.4 Å². The lowest BCUT2D eigenvalue weighted by atomic mass is 9.91. The minimum Gasteiger partial charge on any atom is -0.497 e. The molecular formula is C24H21FN4O3. The number of rotatable bonds is 4. The van der Waals surface area contributed by atoms with E-state index in [1.807, 2.05) is 24.3 Å². The Morgan fingerprint density at radius 1 is 1.19 bits per heavy atom. The third-order valence-corrected chi connectivity index (χ3v) is 5.97. The Kier molecular flexibility index (Phi) is 4.77. The number of amides is 1. The first kappa shape index (κ1) is 20.0. The first-order chi connectivity index (χ1) is 15.5. The number of ether oxygens (including phenoxy) is 1. The van der Waals surface area contributed by atoms with Gasteiger partial charge in [0.1, 0.15) is 29.0 Å². The summed E-state index contributed by atoms with van der Waals surface area (Å²) in [6.07, 6.45) is 0.618. The van der Waals surface area contributed by atoms with Crippen LogP contribution in [0.5, 0.6) is 5.75 Å². The SMILES string of the molecule is COc1ccc([C@H]2c3[nH]c4ccccc4c3CCN2C(=O)c2cc(C(C)=O)n[nH]2)c(F)c1. The Morgan fingerprint density at radius 2 is 2.00 bits per heavy atom. The van der Waals surface area contributed by atoms with Crippen LogP contribution in [0.4, 0.5) is 4.39 Å². The van der Waals surface area contributed by atoms with E-state index in [9.17, 15) is 9.59 Å². The molecule has 0 saturated heterocycles. The minimum absolute atomic E-state index is 0.184. The lowest BCUT2D eigenvalue weighted by molar-refractivity contribution is 0.0683. The van der Waals surface area contributed by atoms with Gasteiger partial charge in [-0.1, -0.05) is 18.2 Å². The second-order valence-corrected chi connectivity index (χ2v) is 7.82. The second-order valence-electron chi connectivity index (χ2n) is 7.82. The molecule has 2 N–H and O–H groups in total. The summed E-state index contributed by atoms with van der Waals surface area (Å²) < 4.78 is 20.4. The highest BCUT2D eigenvalue weighted by molar-refractivity contribution is 5.98. The van der Waals surface area contributed by atoms with Crippen LogP contribution in [0.15, 0.2) is 48.5 Å². The van der Waals surface area contributed by atoms with Crippen LogP contribution in [0.25, 0.3) is 10.9 Å². The Morgan fingerprint density at radius 3 is 2.72 bits per heavy atom. The maximum Gasteiger partial charge on any atom is 0.272 e. The van der Waals surface area contributed by atoms with Crippen molar-refractivity contribution in [1.82, 2.24) is 20.1 Å². The third kappa shape index (κ3) is 3.15. The van der Waals surface area contributed by atoms with E-state index in [4.69, 9.17) is 4.74 Å². The number of nitrogens with one attached hydrogen (secondary N) is 2. The number of hydrogen-bond donors (Lipinski definition) is 2. The van der Waals surface area contributed by atoms with E-state index < -0.39 is 11.9 Å². The summed E-state index contributed by atoms with van der Waals surface area (Å²) in [7, 11) is 1.48. The normalized spacial score (nSPS) is 15.6. The predicted molar refractivity (Wildman–Crippen MR) is 116 cm³/mol. The summed E-state index contributed by atoms with van der Waals surface area (Å²) in [4.78, 5) is 30.1. The number of carbonyl (C=O) groups is 2. The lowest BCUT2D eigenvalue weighted by Crippen LogP contribution is -2.41. The highest BCUT2D eigenvalue weighted by Gasteiger charge is 2.37. The number of para-hydroxylation sites is 1. The van der Waals surface area contributed by atoms with Crippen molar-refractivity contribution in [3.05, 3.63) is 82.6 Å². The zero-order chi connectivity index (χ0) is 22.4. The lowest BCUT2D eigenvalue weighted by Gasteiger charge is -2.36. The van der Waals surface area contributed by atoms with Crippen molar-refractivity contribution in [3.8, 4) is 5.75 Å². The fourth-order valence-electron chi connectivity index (χ4n) is 4.41. The summed E-state index contributed by atoms with van der Waals surface area (Å²) >= 11 is 0. The summed E-state index contributed by atoms with van der Waals surface area (Å²) in [5, 5.41) is 7.65. The van der Waals surface area contributed by atoms with Crippen LogP contribution in [0, 0.1) is 5.82 Å². The number of benzene rings is 2. The van der Waals surface area contributed by atoms with Crippen LogP contribution >= 0.6 is 0 Å². The van der Waals surface area contributed by atoms with Gasteiger partial charge in [-0.2, -0.15) is 5.10 Å². The number of H-pyrrole nitrogens is 2. The topological polar surface area (TPSA) is 91.1 Å². The molecule has 0 bridgehead atoms. The molecule has 4 aromatic rings. The maximum absolute atomic E-state index is 15.2. The molecule has 32 heavy (non-hydrogen) atoms. The molecule has 162 valence electrons. The fraction of sp³-hybridized carbons (Fsp3) is 0.208. The highest BCUT2D eigenvalue weighted by Crippen LogP contribution is 2.40. The van der Waals surface area contributed by atoms with Crippen LogP contribution in [0.1, 0.15) is 50.8 Å². The fourth-order valence-corrected chi connectivity index (χ4v) is 4.41. The van der Waals surface area contributed by atoms with E-state index in [1.165, 1.54) is 26.2 Å². The van der Waals surface area contributed by atoms with Gasteiger partial charge in [0.25, 0.3) is 5.91 Å². The van der Waals surface area contributed by atoms with E-state index in [-0.39, 0.29) is 23.1 Å². The maximum atomic E-state index is 15.2. The molecule has 2 aromatic carbocycles. The summed E-state index contributed by atoms with van der Waals surface area (Å²) in [6, 6.07) is 13.3. The van der Waals surface area contributed by atoms with Gasteiger partial charge in [0.2, 0.25) is 0 Å². The van der Waals surface area contributed by atoms with Gasteiger partial charge in [-0.05, 0) is 36.2 Å². The molecule has 0 aliphatic carbocycles. The quantitative estimate of drug-likeness (QED) is 0.477. The van der Waals surface area contributed by atoms with E-state index in [0.717, 1.165) is 22.2 Å². The van der Waals surface area contributed by atoms with Crippen molar-refractivity contribution in [3.63, 3.8) is 0 Å². The van der Waals surface area contributed by atoms with Crippen LogP contribution < -0.4 is 4.74 Å². The average molecular weight is 432 g/mol. The van der Waals surface area contributed by atoms with Crippen LogP contribution in [0.3, 0.4) is 0 Å². The van der Waals surface area contributed by atoms with E-state index in [0.29, 0.717) is 24.3 Å². The van der Waals surface area contributed by atoms with Crippen LogP contribution in [-0.2, 0) is 6.42 Å². The Balaban J connectivity index is 1.66. The number of hydrogen-bond acceptors (Lipinski definition) is 4. The van der Waals surface area contributed by atoms with Gasteiger partial charge in [-0.15, -0.1) is 0 Å². The molecule has 1 aliphatic rings. The van der Waals surface area contributed by atoms with Crippen molar-refractivity contribution in [2.45, 2.75) is 19.4 Å². The molecule has 1 aliphatic heterocycles. The molecule has 0 saturated carbocycles. The monoisotopic (exact) mass is 432 g/mol. The molecule has 8 heteroatoms. The van der Waals surface area contributed by atoms with Gasteiger partial charge in [-0.25, -0.2) is 4.39 Å². The number of carbonyl (C=O) groups excluding carboxylic acids is 2. The zero-order valence-electron chi connectivity index (χ0n) is 17.6. The van der Waals surface area contributed by atoms with Crippen LogP contribution in [0.2, 0.25) is 0 Å². The summed E-state index contributed by atoms with van der Waals surface area (Å²) in [5.41, 5.74) is 3.52. The molecule has 5 rings (SSSR count). The molecule has 2 aromatic heterocycles. The van der Waals surface area contributed by atoms with Gasteiger partial charge in [0.05, 0.1) is 7.11 Å². The number of methoxy groups -OCH3 is 1. The molecule has 0 spiro atoms. The largest absolute Gasteiger partial charge is 0.497 e. The Bertz CT molecular complexity index is 1360. The Hall–Kier alpha value is -3.94. The van der Waals surface area contributed by atoms with E-state index >= 15 is 4.39 Å². The smallest absolute Gasteiger partial charge is 0.272 e. The van der Waals surface area contributed by atoms with Crippen molar-refractivity contribution < 1.29 is 18.7 Å². The summed E-state index contributed by atoms with van der Waals surface area (Å²) in [5.74, 6) is -0.659. The molecule has 0 unspecified atom stereocenters. The predicted octanol–water partition coefficient (Wildman–Crippen LogP) is 4.03. The standard InChI is InChI=1S/C24H21FN4O3/c1-13(30)20-12-21(28-27-20)24(31)29-10-9-16-15-5-3-4-6-19(15)26-22(16)23(29)17-8-7-14(32-2)11-18(17)25/h3-8,11-12,23,26H,9-10H2,1-2H3,(H,27,28)/t23-/m0/s1. The number of Topliss-reactive ketones (excluding diaryl/α,β-unsaturated/α-hetero) is 1. The molecule has 7 nitrogen and oxygen atoms in total. The Labute approximate surface area is 183 Å². The van der Waals surface area contributed by atoms with Gasteiger partial charge in [0.15, 0.2) is 5.78 Å². The molecule has 0 radical (unpaired) electrons. The van der Waals surface area contributed by atoms with Crippen molar-refractivity contribution in [1.29, 1.82) is 0 Å². The second kappa shape index (κ2) is 7.64. The van der Waals surface area contributed by atoms with Crippen molar-refractivity contribution in [2.24, 2.45) is 0 Å². The van der Waals surface area contributed by atoms with Gasteiger partial charge in [-0.3, -0.25) is 14.7 Å². The average Bonchev–Trinajstić information content (AvgIpc) is 3.43. The van der Waals surface area contributed by atoms with E-state index in [1.54, 1.807) is 17.0 Å². The minimum atomic E-state index is -0.673. The summed E-state index contributed by atoms with van der Waals surface area (Å²) in [6.45, 7) is 1.77. The van der Waals surface area contributed by atoms with Crippen molar-refractivity contribution >= 4 is 22.6 Å². The van der Waals surface area contributed by atoms with Gasteiger partial charge < -0.3 is 14.6 Å².